The molecule has 30 heavy (non-hydrogen) atoms. The molecular formula is C22H35N3O5. The number of carbonyl (C=O) groups excluding carboxylic acids is 3. The number of carbonyl (C=O) groups is 3. The van der Waals surface area contributed by atoms with Crippen LogP contribution in [0.3, 0.4) is 0 Å². The third-order valence-corrected chi connectivity index (χ3v) is 4.06. The highest BCUT2D eigenvalue weighted by atomic mass is 16.6. The average Bonchev–Trinajstić information content (AvgIpc) is 2.61. The van der Waals surface area contributed by atoms with Gasteiger partial charge in [0.05, 0.1) is 6.61 Å². The number of alkyl carbamates (subject to hydrolysis) is 1. The molecule has 0 heterocycles. The first-order chi connectivity index (χ1) is 13.9. The standard InChI is InChI=1S/C22H35N3O5/c1-14(2)23-19(27)18(16-11-9-8-10-12-16)25(15(3)4)20(28)17(13-26)24-21(29)30-22(5,6)7/h8-12,14-15,17-18,26H,13H2,1-7H3,(H,23,27)(H,24,29). The molecule has 0 aliphatic carbocycles. The van der Waals surface area contributed by atoms with E-state index < -0.39 is 36.3 Å². The van der Waals surface area contributed by atoms with Crippen molar-refractivity contribution in [1.29, 1.82) is 0 Å². The van der Waals surface area contributed by atoms with Crippen LogP contribution in [0.2, 0.25) is 0 Å². The van der Waals surface area contributed by atoms with E-state index >= 15 is 0 Å². The third-order valence-electron chi connectivity index (χ3n) is 4.06. The van der Waals surface area contributed by atoms with E-state index in [1.807, 2.05) is 19.9 Å². The molecule has 1 rings (SSSR count). The summed E-state index contributed by atoms with van der Waals surface area (Å²) in [4.78, 5) is 39.9. The summed E-state index contributed by atoms with van der Waals surface area (Å²) in [6.07, 6.45) is -0.818. The van der Waals surface area contributed by atoms with Gasteiger partial charge in [-0.25, -0.2) is 4.79 Å². The summed E-state index contributed by atoms with van der Waals surface area (Å²) in [6, 6.07) is 6.26. The van der Waals surface area contributed by atoms with Gasteiger partial charge in [0.1, 0.15) is 17.7 Å². The lowest BCUT2D eigenvalue weighted by Gasteiger charge is -2.37. The van der Waals surface area contributed by atoms with Gasteiger partial charge in [-0.3, -0.25) is 9.59 Å². The van der Waals surface area contributed by atoms with Gasteiger partial charge >= 0.3 is 6.09 Å². The third kappa shape index (κ3) is 7.67. The van der Waals surface area contributed by atoms with E-state index in [4.69, 9.17) is 4.74 Å². The maximum atomic E-state index is 13.3. The quantitative estimate of drug-likeness (QED) is 0.597. The van der Waals surface area contributed by atoms with E-state index in [9.17, 15) is 19.5 Å². The van der Waals surface area contributed by atoms with Crippen LogP contribution in [0.25, 0.3) is 0 Å². The molecule has 3 amide bonds. The molecule has 168 valence electrons. The molecule has 8 heteroatoms. The second-order valence-electron chi connectivity index (χ2n) is 8.70. The highest BCUT2D eigenvalue weighted by Crippen LogP contribution is 2.25. The number of hydrogen-bond donors (Lipinski definition) is 3. The summed E-state index contributed by atoms with van der Waals surface area (Å²) in [5.74, 6) is -0.918. The van der Waals surface area contributed by atoms with Crippen LogP contribution < -0.4 is 10.6 Å². The van der Waals surface area contributed by atoms with Crippen LogP contribution in [0.4, 0.5) is 4.79 Å². The van der Waals surface area contributed by atoms with Crippen LogP contribution in [0.5, 0.6) is 0 Å². The van der Waals surface area contributed by atoms with Crippen molar-refractivity contribution in [3.8, 4) is 0 Å². The number of nitrogens with one attached hydrogen (secondary N) is 2. The van der Waals surface area contributed by atoms with Crippen LogP contribution >= 0.6 is 0 Å². The summed E-state index contributed by atoms with van der Waals surface area (Å²) < 4.78 is 5.19. The molecule has 0 aliphatic rings. The van der Waals surface area contributed by atoms with Gasteiger partial charge in [0.25, 0.3) is 0 Å². The molecule has 3 N–H and O–H groups in total. The van der Waals surface area contributed by atoms with E-state index in [0.717, 1.165) is 0 Å². The number of nitrogens with zero attached hydrogens (tertiary/aromatic N) is 1. The number of benzene rings is 1. The van der Waals surface area contributed by atoms with Gasteiger partial charge in [0.2, 0.25) is 11.8 Å². The van der Waals surface area contributed by atoms with Gasteiger partial charge in [0, 0.05) is 12.1 Å². The van der Waals surface area contributed by atoms with Crippen molar-refractivity contribution in [2.45, 2.75) is 78.2 Å². The van der Waals surface area contributed by atoms with Crippen LogP contribution in [0.1, 0.15) is 60.1 Å². The molecule has 0 radical (unpaired) electrons. The molecule has 0 aliphatic heterocycles. The molecule has 0 fully saturated rings. The van der Waals surface area contributed by atoms with E-state index in [0.29, 0.717) is 5.56 Å². The van der Waals surface area contributed by atoms with Crippen molar-refractivity contribution in [3.05, 3.63) is 35.9 Å². The summed E-state index contributed by atoms with van der Waals surface area (Å²) in [7, 11) is 0. The number of ether oxygens (including phenoxy) is 1. The Balaban J connectivity index is 3.26. The van der Waals surface area contributed by atoms with E-state index in [-0.39, 0.29) is 18.0 Å². The lowest BCUT2D eigenvalue weighted by atomic mass is 10.0. The predicted molar refractivity (Wildman–Crippen MR) is 115 cm³/mol. The summed E-state index contributed by atoms with van der Waals surface area (Å²) >= 11 is 0. The SMILES string of the molecule is CC(C)NC(=O)C(c1ccccc1)N(C(=O)C(CO)NC(=O)OC(C)(C)C)C(C)C. The van der Waals surface area contributed by atoms with Crippen molar-refractivity contribution < 1.29 is 24.2 Å². The zero-order chi connectivity index (χ0) is 23.1. The van der Waals surface area contributed by atoms with Gasteiger partial charge < -0.3 is 25.4 Å². The lowest BCUT2D eigenvalue weighted by Crippen LogP contribution is -2.56. The molecule has 0 bridgehead atoms. The lowest BCUT2D eigenvalue weighted by molar-refractivity contribution is -0.145. The van der Waals surface area contributed by atoms with E-state index in [1.54, 1.807) is 58.9 Å². The molecule has 0 aromatic heterocycles. The van der Waals surface area contributed by atoms with Crippen LogP contribution in [-0.2, 0) is 14.3 Å². The topological polar surface area (TPSA) is 108 Å². The number of aliphatic hydroxyl groups is 1. The van der Waals surface area contributed by atoms with Gasteiger partial charge in [-0.1, -0.05) is 30.3 Å². The molecule has 8 nitrogen and oxygen atoms in total. The molecule has 0 spiro atoms. The Hall–Kier alpha value is -2.61. The minimum absolute atomic E-state index is 0.124. The van der Waals surface area contributed by atoms with Gasteiger partial charge in [-0.15, -0.1) is 0 Å². The number of rotatable bonds is 8. The van der Waals surface area contributed by atoms with Crippen molar-refractivity contribution in [1.82, 2.24) is 15.5 Å². The Morgan fingerprint density at radius 2 is 1.60 bits per heavy atom. The van der Waals surface area contributed by atoms with Gasteiger partial charge in [0.15, 0.2) is 0 Å². The number of hydrogen-bond acceptors (Lipinski definition) is 5. The van der Waals surface area contributed by atoms with Gasteiger partial charge in [-0.2, -0.15) is 0 Å². The number of aliphatic hydroxyl groups excluding tert-OH is 1. The fourth-order valence-electron chi connectivity index (χ4n) is 2.93. The second kappa shape index (κ2) is 11.0. The minimum Gasteiger partial charge on any atom is -0.444 e. The first-order valence-corrected chi connectivity index (χ1v) is 10.1. The highest BCUT2D eigenvalue weighted by Gasteiger charge is 2.37. The van der Waals surface area contributed by atoms with Crippen LogP contribution in [0.15, 0.2) is 30.3 Å². The maximum absolute atomic E-state index is 13.3. The Morgan fingerprint density at radius 3 is 2.03 bits per heavy atom. The Bertz CT molecular complexity index is 713. The molecule has 0 saturated heterocycles. The Morgan fingerprint density at radius 1 is 1.03 bits per heavy atom. The zero-order valence-corrected chi connectivity index (χ0v) is 18.9. The van der Waals surface area contributed by atoms with E-state index in [2.05, 4.69) is 10.6 Å². The minimum atomic E-state index is -1.25. The van der Waals surface area contributed by atoms with Crippen LogP contribution in [0, 0.1) is 0 Å². The summed E-state index contributed by atoms with van der Waals surface area (Å²) in [6.45, 7) is 11.7. The normalized spacial score (nSPS) is 13.5. The van der Waals surface area contributed by atoms with Crippen molar-refractivity contribution in [2.75, 3.05) is 6.61 Å². The maximum Gasteiger partial charge on any atom is 0.408 e. The smallest absolute Gasteiger partial charge is 0.408 e. The van der Waals surface area contributed by atoms with Crippen molar-refractivity contribution in [2.24, 2.45) is 0 Å². The Labute approximate surface area is 179 Å². The van der Waals surface area contributed by atoms with Crippen molar-refractivity contribution in [3.63, 3.8) is 0 Å². The zero-order valence-electron chi connectivity index (χ0n) is 18.9. The molecule has 1 aromatic carbocycles. The fraction of sp³-hybridized carbons (Fsp3) is 0.591. The monoisotopic (exact) mass is 421 g/mol. The average molecular weight is 422 g/mol. The molecule has 2 atom stereocenters. The molecule has 1 aromatic rings. The second-order valence-corrected chi connectivity index (χ2v) is 8.70. The Kier molecular flexibility index (Phi) is 9.29. The predicted octanol–water partition coefficient (Wildman–Crippen LogP) is 2.37. The highest BCUT2D eigenvalue weighted by molar-refractivity contribution is 5.92. The largest absolute Gasteiger partial charge is 0.444 e. The number of amides is 3. The fourth-order valence-corrected chi connectivity index (χ4v) is 2.93. The first kappa shape index (κ1) is 25.4. The van der Waals surface area contributed by atoms with Crippen molar-refractivity contribution >= 4 is 17.9 Å². The molecule has 2 unspecified atom stereocenters. The van der Waals surface area contributed by atoms with Gasteiger partial charge in [-0.05, 0) is 54.0 Å². The summed E-state index contributed by atoms with van der Waals surface area (Å²) in [5, 5.41) is 15.1. The molecule has 0 saturated carbocycles. The molecular weight excluding hydrogens is 386 g/mol. The van der Waals surface area contributed by atoms with E-state index in [1.165, 1.54) is 4.90 Å². The van der Waals surface area contributed by atoms with Crippen LogP contribution in [-0.4, -0.2) is 58.2 Å². The first-order valence-electron chi connectivity index (χ1n) is 10.1. The summed E-state index contributed by atoms with van der Waals surface area (Å²) in [5.41, 5.74) is -0.124.